The predicted molar refractivity (Wildman–Crippen MR) is 71.9 cm³/mol. The monoisotopic (exact) mass is 297 g/mol. The number of anilines is 1. The van der Waals surface area contributed by atoms with E-state index in [1.165, 1.54) is 12.2 Å². The van der Waals surface area contributed by atoms with Crippen molar-refractivity contribution in [3.8, 4) is 0 Å². The van der Waals surface area contributed by atoms with Gasteiger partial charge in [-0.1, -0.05) is 13.0 Å². The lowest BCUT2D eigenvalue weighted by atomic mass is 10.0. The lowest BCUT2D eigenvalue weighted by Gasteiger charge is -2.29. The lowest BCUT2D eigenvalue weighted by molar-refractivity contribution is -0.155. The quantitative estimate of drug-likeness (QED) is 0.737. The fourth-order valence-electron chi connectivity index (χ4n) is 2.16. The molecule has 0 bridgehead atoms. The molecular weight excluding hydrogens is 281 g/mol. The first kappa shape index (κ1) is 15.3. The van der Waals surface area contributed by atoms with Crippen LogP contribution in [0.15, 0.2) is 23.1 Å². The van der Waals surface area contributed by atoms with Crippen LogP contribution < -0.4 is 11.4 Å². The van der Waals surface area contributed by atoms with Gasteiger partial charge in [0, 0.05) is 6.42 Å². The van der Waals surface area contributed by atoms with Crippen LogP contribution in [0.5, 0.6) is 0 Å². The van der Waals surface area contributed by atoms with E-state index < -0.39 is 34.9 Å². The average molecular weight is 297 g/mol. The predicted octanol–water partition coefficient (Wildman–Crippen LogP) is -0.0661. The molecule has 0 unspecified atom stereocenters. The molecule has 8 heteroatoms. The molecule has 0 spiro atoms. The van der Waals surface area contributed by atoms with Crippen LogP contribution in [0.3, 0.4) is 0 Å². The highest BCUT2D eigenvalue weighted by Gasteiger charge is 2.44. The van der Waals surface area contributed by atoms with Crippen LogP contribution in [-0.2, 0) is 15.3 Å². The van der Waals surface area contributed by atoms with E-state index in [1.807, 2.05) is 0 Å². The van der Waals surface area contributed by atoms with Crippen molar-refractivity contribution < 1.29 is 19.0 Å². The molecule has 0 aliphatic carbocycles. The van der Waals surface area contributed by atoms with E-state index >= 15 is 0 Å². The third-order valence-corrected chi connectivity index (χ3v) is 3.19. The molecule has 1 aliphatic rings. The number of ether oxygens (including phenoxy) is 1. The number of hydrogen-bond donors (Lipinski definition) is 2. The zero-order valence-electron chi connectivity index (χ0n) is 11.5. The van der Waals surface area contributed by atoms with Gasteiger partial charge in [-0.15, -0.1) is 0 Å². The fourth-order valence-corrected chi connectivity index (χ4v) is 2.16. The number of aliphatic hydroxyl groups excluding tert-OH is 1. The van der Waals surface area contributed by atoms with Crippen molar-refractivity contribution in [3.63, 3.8) is 0 Å². The number of aromatic nitrogens is 2. The summed E-state index contributed by atoms with van der Waals surface area (Å²) in [6.45, 7) is 1.43. The summed E-state index contributed by atoms with van der Waals surface area (Å²) < 4.78 is 19.9. The summed E-state index contributed by atoms with van der Waals surface area (Å²) in [5.41, 5.74) is 2.55. The normalized spacial score (nSPS) is 24.4. The lowest BCUT2D eigenvalue weighted by Crippen LogP contribution is -2.48. The summed E-state index contributed by atoms with van der Waals surface area (Å²) in [4.78, 5) is 27.7. The zero-order chi connectivity index (χ0) is 15.6. The van der Waals surface area contributed by atoms with Crippen LogP contribution in [0.25, 0.3) is 0 Å². The third kappa shape index (κ3) is 2.59. The van der Waals surface area contributed by atoms with E-state index in [2.05, 4.69) is 4.98 Å². The minimum Gasteiger partial charge on any atom is -0.393 e. The standard InChI is InChI=1S/C13H16FN3O4/c1-2-3-10(19)13(5-4-8(7-18)21-13)17-6-9(14)11(15)16-12(17)20/h4-6,8,18H,2-3,7H2,1H3,(H2,15,16,20)/t8-,13-/m0/s1. The maximum Gasteiger partial charge on any atom is 0.352 e. The molecule has 1 aliphatic heterocycles. The Morgan fingerprint density at radius 3 is 2.95 bits per heavy atom. The van der Waals surface area contributed by atoms with Crippen LogP contribution in [0.1, 0.15) is 19.8 Å². The van der Waals surface area contributed by atoms with Gasteiger partial charge in [0.1, 0.15) is 6.10 Å². The van der Waals surface area contributed by atoms with Gasteiger partial charge in [-0.05, 0) is 12.5 Å². The molecule has 2 rings (SSSR count). The number of hydrogen-bond acceptors (Lipinski definition) is 6. The van der Waals surface area contributed by atoms with Crippen molar-refractivity contribution in [1.29, 1.82) is 0 Å². The maximum absolute atomic E-state index is 13.6. The molecule has 114 valence electrons. The van der Waals surface area contributed by atoms with Gasteiger partial charge in [0.25, 0.3) is 0 Å². The first-order valence-corrected chi connectivity index (χ1v) is 6.51. The second-order valence-corrected chi connectivity index (χ2v) is 4.69. The molecule has 2 heterocycles. The Morgan fingerprint density at radius 2 is 2.38 bits per heavy atom. The molecule has 0 aromatic carbocycles. The Labute approximate surface area is 119 Å². The fraction of sp³-hybridized carbons (Fsp3) is 0.462. The summed E-state index contributed by atoms with van der Waals surface area (Å²) in [6, 6.07) is 0. The zero-order valence-corrected chi connectivity index (χ0v) is 11.5. The summed E-state index contributed by atoms with van der Waals surface area (Å²) in [5, 5.41) is 9.14. The average Bonchev–Trinajstić information content (AvgIpc) is 2.88. The third-order valence-electron chi connectivity index (χ3n) is 3.19. The Bertz CT molecular complexity index is 643. The van der Waals surface area contributed by atoms with Crippen molar-refractivity contribution >= 4 is 11.6 Å². The van der Waals surface area contributed by atoms with E-state index in [0.717, 1.165) is 10.8 Å². The van der Waals surface area contributed by atoms with Gasteiger partial charge in [0.15, 0.2) is 17.4 Å². The van der Waals surface area contributed by atoms with E-state index in [9.17, 15) is 14.0 Å². The molecule has 7 nitrogen and oxygen atoms in total. The minimum absolute atomic E-state index is 0.126. The number of nitrogen functional groups attached to an aromatic ring is 1. The van der Waals surface area contributed by atoms with Gasteiger partial charge in [-0.2, -0.15) is 4.98 Å². The molecule has 2 atom stereocenters. The molecule has 0 fully saturated rings. The van der Waals surface area contributed by atoms with Gasteiger partial charge in [-0.25, -0.2) is 9.18 Å². The van der Waals surface area contributed by atoms with Crippen molar-refractivity contribution in [2.24, 2.45) is 0 Å². The van der Waals surface area contributed by atoms with Crippen LogP contribution in [-0.4, -0.2) is 33.2 Å². The number of rotatable bonds is 5. The molecular formula is C13H16FN3O4. The number of halogens is 1. The summed E-state index contributed by atoms with van der Waals surface area (Å²) in [5.74, 6) is -1.90. The highest BCUT2D eigenvalue weighted by atomic mass is 19.1. The maximum atomic E-state index is 13.6. The number of carbonyl (C=O) groups is 1. The molecule has 1 aromatic heterocycles. The molecule has 3 N–H and O–H groups in total. The number of nitrogens with zero attached hydrogens (tertiary/aromatic N) is 2. The van der Waals surface area contributed by atoms with E-state index in [4.69, 9.17) is 15.6 Å². The Kier molecular flexibility index (Phi) is 4.19. The minimum atomic E-state index is -1.79. The Hall–Kier alpha value is -2.06. The van der Waals surface area contributed by atoms with Crippen LogP contribution in [0, 0.1) is 5.82 Å². The van der Waals surface area contributed by atoms with Crippen LogP contribution >= 0.6 is 0 Å². The van der Waals surface area contributed by atoms with Crippen molar-refractivity contribution in [2.45, 2.75) is 31.6 Å². The first-order valence-electron chi connectivity index (χ1n) is 6.51. The highest BCUT2D eigenvalue weighted by molar-refractivity contribution is 5.87. The number of ketones is 1. The molecule has 0 saturated carbocycles. The van der Waals surface area contributed by atoms with E-state index in [-0.39, 0.29) is 13.0 Å². The van der Waals surface area contributed by atoms with Crippen molar-refractivity contribution in [2.75, 3.05) is 12.3 Å². The van der Waals surface area contributed by atoms with Gasteiger partial charge < -0.3 is 15.6 Å². The Balaban J connectivity index is 2.57. The van der Waals surface area contributed by atoms with E-state index in [1.54, 1.807) is 6.92 Å². The Morgan fingerprint density at radius 1 is 1.67 bits per heavy atom. The first-order chi connectivity index (χ1) is 9.94. The number of nitrogens with two attached hydrogens (primary N) is 1. The van der Waals surface area contributed by atoms with Gasteiger partial charge in [0.2, 0.25) is 5.72 Å². The molecule has 21 heavy (non-hydrogen) atoms. The van der Waals surface area contributed by atoms with Crippen LogP contribution in [0.2, 0.25) is 0 Å². The smallest absolute Gasteiger partial charge is 0.352 e. The topological polar surface area (TPSA) is 107 Å². The van der Waals surface area contributed by atoms with Gasteiger partial charge >= 0.3 is 5.69 Å². The van der Waals surface area contributed by atoms with Crippen LogP contribution in [0.4, 0.5) is 10.2 Å². The van der Waals surface area contributed by atoms with Gasteiger partial charge in [-0.3, -0.25) is 9.36 Å². The summed E-state index contributed by atoms with van der Waals surface area (Å²) in [7, 11) is 0. The second-order valence-electron chi connectivity index (χ2n) is 4.69. The molecule has 0 amide bonds. The number of carbonyl (C=O) groups excluding carboxylic acids is 1. The van der Waals surface area contributed by atoms with Gasteiger partial charge in [0.05, 0.1) is 12.8 Å². The largest absolute Gasteiger partial charge is 0.393 e. The molecule has 0 radical (unpaired) electrons. The van der Waals surface area contributed by atoms with Crippen molar-refractivity contribution in [3.05, 3.63) is 34.7 Å². The highest BCUT2D eigenvalue weighted by Crippen LogP contribution is 2.30. The van der Waals surface area contributed by atoms with Crippen molar-refractivity contribution in [1.82, 2.24) is 9.55 Å². The molecule has 0 saturated heterocycles. The molecule has 1 aromatic rings. The second kappa shape index (κ2) is 5.74. The number of aliphatic hydroxyl groups is 1. The van der Waals surface area contributed by atoms with E-state index in [0.29, 0.717) is 6.42 Å². The summed E-state index contributed by atoms with van der Waals surface area (Å²) in [6.07, 6.45) is 3.49. The number of Topliss-reactive ketones (excluding diaryl/α,β-unsaturated/α-hetero) is 1. The SMILES string of the molecule is CCCC(=O)[C@]1(n2cc(F)c(N)nc2=O)C=C[C@@H](CO)O1. The summed E-state index contributed by atoms with van der Waals surface area (Å²) >= 11 is 0.